The van der Waals surface area contributed by atoms with Crippen LogP contribution in [0.25, 0.3) is 0 Å². The molecule has 1 saturated heterocycles. The number of aliphatic hydroxyl groups excluding tert-OH is 1. The molecule has 1 aliphatic carbocycles. The van der Waals surface area contributed by atoms with Crippen LogP contribution < -0.4 is 0 Å². The van der Waals surface area contributed by atoms with Gasteiger partial charge in [-0.3, -0.25) is 0 Å². The van der Waals surface area contributed by atoms with Gasteiger partial charge in [-0.2, -0.15) is 0 Å². The molecule has 25 heavy (non-hydrogen) atoms. The molecular formula is C20H26O5. The standard InChI is InChI=1S/C20H26O5/c1-6-13(4)19(22)24-16-9-11(2)7-15(21)8-12(3)10-17-18(16)14(5)20(23)25-17/h6-7,10,15-18,21H,5,8-9H2,1-4H3/b11-7+,12-10+,13-6-/t15-,16+,17+,18+/m0/s1. The number of carbonyl (C=O) groups excluding carboxylic acids is 2. The molecule has 0 aromatic carbocycles. The van der Waals surface area contributed by atoms with E-state index in [0.29, 0.717) is 24.0 Å². The smallest absolute Gasteiger partial charge is 0.334 e. The first-order valence-electron chi connectivity index (χ1n) is 8.49. The fourth-order valence-corrected chi connectivity index (χ4v) is 3.22. The lowest BCUT2D eigenvalue weighted by atomic mass is 9.85. The first-order valence-corrected chi connectivity index (χ1v) is 8.49. The van der Waals surface area contributed by atoms with Gasteiger partial charge in [0.25, 0.3) is 0 Å². The molecule has 0 bridgehead atoms. The van der Waals surface area contributed by atoms with Crippen LogP contribution in [0.4, 0.5) is 0 Å². The summed E-state index contributed by atoms with van der Waals surface area (Å²) >= 11 is 0. The van der Waals surface area contributed by atoms with Crippen LogP contribution in [0.1, 0.15) is 40.5 Å². The number of hydrogen-bond donors (Lipinski definition) is 1. The Morgan fingerprint density at radius 1 is 1.32 bits per heavy atom. The quantitative estimate of drug-likeness (QED) is 0.473. The topological polar surface area (TPSA) is 72.8 Å². The molecule has 0 aromatic rings. The van der Waals surface area contributed by atoms with Crippen LogP contribution >= 0.6 is 0 Å². The molecule has 136 valence electrons. The Morgan fingerprint density at radius 3 is 2.60 bits per heavy atom. The van der Waals surface area contributed by atoms with E-state index in [-0.39, 0.29) is 0 Å². The number of ether oxygens (including phenoxy) is 2. The van der Waals surface area contributed by atoms with Crippen molar-refractivity contribution < 1.29 is 24.2 Å². The average molecular weight is 346 g/mol. The zero-order valence-electron chi connectivity index (χ0n) is 15.2. The number of esters is 2. The lowest BCUT2D eigenvalue weighted by Crippen LogP contribution is -2.34. The largest absolute Gasteiger partial charge is 0.458 e. The molecule has 0 radical (unpaired) electrons. The van der Waals surface area contributed by atoms with Crippen molar-refractivity contribution in [2.75, 3.05) is 0 Å². The Balaban J connectivity index is 2.42. The minimum absolute atomic E-state index is 0.318. The summed E-state index contributed by atoms with van der Waals surface area (Å²) in [4.78, 5) is 24.3. The minimum atomic E-state index is -0.623. The predicted molar refractivity (Wildman–Crippen MR) is 94.6 cm³/mol. The Bertz CT molecular complexity index is 668. The van der Waals surface area contributed by atoms with Gasteiger partial charge in [-0.25, -0.2) is 9.59 Å². The summed E-state index contributed by atoms with van der Waals surface area (Å²) in [5, 5.41) is 10.2. The number of aliphatic hydroxyl groups is 1. The lowest BCUT2D eigenvalue weighted by Gasteiger charge is -2.28. The van der Waals surface area contributed by atoms with Crippen LogP contribution in [0.15, 0.2) is 47.1 Å². The Morgan fingerprint density at radius 2 is 1.96 bits per heavy atom. The van der Waals surface area contributed by atoms with Gasteiger partial charge in [0.1, 0.15) is 12.2 Å². The molecule has 0 aromatic heterocycles. The highest BCUT2D eigenvalue weighted by Gasteiger charge is 2.44. The fourth-order valence-electron chi connectivity index (χ4n) is 3.22. The summed E-state index contributed by atoms with van der Waals surface area (Å²) in [5.74, 6) is -1.33. The van der Waals surface area contributed by atoms with E-state index in [1.807, 2.05) is 19.9 Å². The molecule has 0 spiro atoms. The van der Waals surface area contributed by atoms with E-state index in [9.17, 15) is 14.7 Å². The number of rotatable bonds is 2. The van der Waals surface area contributed by atoms with E-state index in [1.165, 1.54) is 0 Å². The molecule has 0 amide bonds. The van der Waals surface area contributed by atoms with Gasteiger partial charge >= 0.3 is 11.9 Å². The second-order valence-electron chi connectivity index (χ2n) is 6.84. The van der Waals surface area contributed by atoms with Crippen molar-refractivity contribution >= 4 is 11.9 Å². The van der Waals surface area contributed by atoms with E-state index in [4.69, 9.17) is 9.47 Å². The lowest BCUT2D eigenvalue weighted by molar-refractivity contribution is -0.147. The molecule has 5 heteroatoms. The highest BCUT2D eigenvalue weighted by atomic mass is 16.6. The molecule has 4 atom stereocenters. The van der Waals surface area contributed by atoms with E-state index in [0.717, 1.165) is 11.1 Å². The maximum atomic E-state index is 12.3. The third kappa shape index (κ3) is 4.48. The van der Waals surface area contributed by atoms with Crippen molar-refractivity contribution in [3.8, 4) is 0 Å². The normalized spacial score (nSPS) is 35.0. The summed E-state index contributed by atoms with van der Waals surface area (Å²) in [6.45, 7) is 11.1. The summed E-state index contributed by atoms with van der Waals surface area (Å²) in [5.41, 5.74) is 2.62. The third-order valence-electron chi connectivity index (χ3n) is 4.66. The van der Waals surface area contributed by atoms with Gasteiger partial charge in [0.05, 0.1) is 12.0 Å². The zero-order valence-corrected chi connectivity index (χ0v) is 15.2. The van der Waals surface area contributed by atoms with Crippen molar-refractivity contribution in [2.24, 2.45) is 5.92 Å². The summed E-state index contributed by atoms with van der Waals surface area (Å²) in [6, 6.07) is 0. The number of fused-ring (bicyclic) bond motifs is 1. The van der Waals surface area contributed by atoms with Crippen molar-refractivity contribution in [3.63, 3.8) is 0 Å². The molecule has 2 rings (SSSR count). The Labute approximate surface area is 148 Å². The van der Waals surface area contributed by atoms with Crippen molar-refractivity contribution in [3.05, 3.63) is 47.1 Å². The molecule has 5 nitrogen and oxygen atoms in total. The van der Waals surface area contributed by atoms with Crippen molar-refractivity contribution in [1.29, 1.82) is 0 Å². The predicted octanol–water partition coefficient (Wildman–Crippen LogP) is 3.01. The summed E-state index contributed by atoms with van der Waals surface area (Å²) < 4.78 is 11.1. The Hall–Kier alpha value is -2.14. The van der Waals surface area contributed by atoms with Crippen LogP contribution in [0.5, 0.6) is 0 Å². The third-order valence-corrected chi connectivity index (χ3v) is 4.66. The molecule has 0 unspecified atom stereocenters. The van der Waals surface area contributed by atoms with Crippen LogP contribution in [0.3, 0.4) is 0 Å². The zero-order chi connectivity index (χ0) is 18.7. The maximum absolute atomic E-state index is 12.3. The molecule has 1 fully saturated rings. The Kier molecular flexibility index (Phi) is 6.01. The van der Waals surface area contributed by atoms with Gasteiger partial charge in [-0.15, -0.1) is 0 Å². The minimum Gasteiger partial charge on any atom is -0.458 e. The van der Waals surface area contributed by atoms with Crippen LogP contribution in [0.2, 0.25) is 0 Å². The summed E-state index contributed by atoms with van der Waals surface area (Å²) in [6.07, 6.45) is 4.39. The summed E-state index contributed by atoms with van der Waals surface area (Å²) in [7, 11) is 0. The average Bonchev–Trinajstić information content (AvgIpc) is 2.78. The SMILES string of the molecule is C=C1C(=O)O[C@@H]2/C=C(\C)C[C@@H](O)/C=C(\C)C[C@@H](OC(=O)/C(C)=C\C)[C@@H]12. The molecule has 1 N–H and O–H groups in total. The van der Waals surface area contributed by atoms with Crippen LogP contribution in [-0.4, -0.2) is 35.4 Å². The first kappa shape index (κ1) is 19.2. The van der Waals surface area contributed by atoms with Gasteiger partial charge in [0.2, 0.25) is 0 Å². The highest BCUT2D eigenvalue weighted by Crippen LogP contribution is 2.36. The molecule has 0 saturated carbocycles. The van der Waals surface area contributed by atoms with Crippen molar-refractivity contribution in [1.82, 2.24) is 0 Å². The number of carbonyl (C=O) groups is 2. The van der Waals surface area contributed by atoms with Crippen molar-refractivity contribution in [2.45, 2.75) is 58.8 Å². The van der Waals surface area contributed by atoms with Crippen LogP contribution in [0, 0.1) is 5.92 Å². The van der Waals surface area contributed by atoms with Gasteiger partial charge in [0, 0.05) is 17.6 Å². The molecule has 1 aliphatic heterocycles. The van der Waals surface area contributed by atoms with Gasteiger partial charge < -0.3 is 14.6 Å². The van der Waals surface area contributed by atoms with E-state index < -0.39 is 36.2 Å². The first-order chi connectivity index (χ1) is 11.7. The monoisotopic (exact) mass is 346 g/mol. The molecule has 2 aliphatic rings. The number of allylic oxidation sites excluding steroid dienone is 1. The molecule has 1 heterocycles. The number of hydrogen-bond acceptors (Lipinski definition) is 5. The van der Waals surface area contributed by atoms with E-state index in [2.05, 4.69) is 6.58 Å². The fraction of sp³-hybridized carbons (Fsp3) is 0.500. The van der Waals surface area contributed by atoms with Crippen LogP contribution in [-0.2, 0) is 19.1 Å². The van der Waals surface area contributed by atoms with Gasteiger partial charge in [0.15, 0.2) is 0 Å². The van der Waals surface area contributed by atoms with Gasteiger partial charge in [-0.05, 0) is 40.2 Å². The maximum Gasteiger partial charge on any atom is 0.334 e. The van der Waals surface area contributed by atoms with E-state index in [1.54, 1.807) is 26.0 Å². The van der Waals surface area contributed by atoms with Gasteiger partial charge in [-0.1, -0.05) is 29.9 Å². The second kappa shape index (κ2) is 7.83. The highest BCUT2D eigenvalue weighted by molar-refractivity contribution is 5.92. The second-order valence-corrected chi connectivity index (χ2v) is 6.84. The molecular weight excluding hydrogens is 320 g/mol. The van der Waals surface area contributed by atoms with E-state index >= 15 is 0 Å².